The fraction of sp³-hybridized carbons (Fsp3) is 0.241. The first-order chi connectivity index (χ1) is 18.3. The second-order valence-electron chi connectivity index (χ2n) is 8.48. The standard InChI is InChI=1S/C29H29NO8/c1-5-38-23-15-18(12-13-20(23)31)26-25(27(32)24-21(36-3)10-7-11-22(24)37-4)28(33)29(34)30(26)16-17-8-6-9-19(14-17)35-2/h6-15,26,31-32H,5,16H2,1-4H3/b27-25+. The van der Waals surface area contributed by atoms with Crippen LogP contribution < -0.4 is 18.9 Å². The summed E-state index contributed by atoms with van der Waals surface area (Å²) in [6.07, 6.45) is 0. The molecule has 2 N–H and O–H groups in total. The normalized spacial score (nSPS) is 16.4. The van der Waals surface area contributed by atoms with E-state index in [9.17, 15) is 19.8 Å². The van der Waals surface area contributed by atoms with Crippen LogP contribution in [0.15, 0.2) is 66.2 Å². The molecule has 0 aromatic heterocycles. The number of amides is 1. The highest BCUT2D eigenvalue weighted by Crippen LogP contribution is 2.45. The summed E-state index contributed by atoms with van der Waals surface area (Å²) >= 11 is 0. The summed E-state index contributed by atoms with van der Waals surface area (Å²) in [5.41, 5.74) is 1.18. The Kier molecular flexibility index (Phi) is 7.76. The van der Waals surface area contributed by atoms with E-state index in [2.05, 4.69) is 0 Å². The van der Waals surface area contributed by atoms with Gasteiger partial charge in [0.25, 0.3) is 11.7 Å². The van der Waals surface area contributed by atoms with E-state index >= 15 is 0 Å². The SMILES string of the molecule is CCOc1cc(C2/C(=C(\O)c3c(OC)cccc3OC)C(=O)C(=O)N2Cc2cccc(OC)c2)ccc1O. The van der Waals surface area contributed by atoms with Crippen molar-refractivity contribution in [2.45, 2.75) is 19.5 Å². The Hall–Kier alpha value is -4.66. The Labute approximate surface area is 220 Å². The molecule has 0 radical (unpaired) electrons. The van der Waals surface area contributed by atoms with Crippen molar-refractivity contribution in [3.8, 4) is 28.7 Å². The minimum Gasteiger partial charge on any atom is -0.506 e. The zero-order valence-corrected chi connectivity index (χ0v) is 21.6. The minimum absolute atomic E-state index is 0.0527. The molecule has 0 aliphatic carbocycles. The Morgan fingerprint density at radius 2 is 1.58 bits per heavy atom. The highest BCUT2D eigenvalue weighted by atomic mass is 16.5. The smallest absolute Gasteiger partial charge is 0.295 e. The lowest BCUT2D eigenvalue weighted by molar-refractivity contribution is -0.140. The summed E-state index contributed by atoms with van der Waals surface area (Å²) in [5, 5.41) is 21.9. The van der Waals surface area contributed by atoms with Crippen LogP contribution in [0.3, 0.4) is 0 Å². The second-order valence-corrected chi connectivity index (χ2v) is 8.48. The van der Waals surface area contributed by atoms with Crippen molar-refractivity contribution in [3.63, 3.8) is 0 Å². The molecule has 0 spiro atoms. The van der Waals surface area contributed by atoms with Gasteiger partial charge in [0.2, 0.25) is 0 Å². The number of phenolic OH excluding ortho intramolecular Hbond substituents is 1. The van der Waals surface area contributed by atoms with Crippen LogP contribution in [0.1, 0.15) is 29.7 Å². The van der Waals surface area contributed by atoms with Gasteiger partial charge >= 0.3 is 0 Å². The van der Waals surface area contributed by atoms with Crippen LogP contribution in [-0.4, -0.2) is 54.7 Å². The van der Waals surface area contributed by atoms with Gasteiger partial charge in [-0.15, -0.1) is 0 Å². The fourth-order valence-electron chi connectivity index (χ4n) is 4.55. The van der Waals surface area contributed by atoms with E-state index in [1.165, 1.54) is 32.3 Å². The van der Waals surface area contributed by atoms with Gasteiger partial charge in [0.15, 0.2) is 11.5 Å². The first kappa shape index (κ1) is 26.4. The Morgan fingerprint density at radius 1 is 0.895 bits per heavy atom. The maximum absolute atomic E-state index is 13.5. The lowest BCUT2D eigenvalue weighted by Gasteiger charge is -2.26. The number of carbonyl (C=O) groups is 2. The molecule has 1 saturated heterocycles. The van der Waals surface area contributed by atoms with Crippen LogP contribution in [0.4, 0.5) is 0 Å². The monoisotopic (exact) mass is 519 g/mol. The molecule has 1 atom stereocenters. The number of aromatic hydroxyl groups is 1. The van der Waals surface area contributed by atoms with Gasteiger partial charge < -0.3 is 34.1 Å². The summed E-state index contributed by atoms with van der Waals surface area (Å²) < 4.78 is 21.7. The topological polar surface area (TPSA) is 115 Å². The maximum atomic E-state index is 13.5. The van der Waals surface area contributed by atoms with E-state index in [1.54, 1.807) is 55.5 Å². The van der Waals surface area contributed by atoms with Crippen molar-refractivity contribution in [1.82, 2.24) is 4.90 Å². The van der Waals surface area contributed by atoms with Gasteiger partial charge in [0, 0.05) is 6.54 Å². The quantitative estimate of drug-likeness (QED) is 0.242. The van der Waals surface area contributed by atoms with Crippen LogP contribution in [0, 0.1) is 0 Å². The summed E-state index contributed by atoms with van der Waals surface area (Å²) in [6, 6.07) is 15.6. The van der Waals surface area contributed by atoms with Crippen LogP contribution in [0.2, 0.25) is 0 Å². The van der Waals surface area contributed by atoms with E-state index in [0.29, 0.717) is 17.9 Å². The average molecular weight is 520 g/mol. The molecule has 198 valence electrons. The predicted molar refractivity (Wildman–Crippen MR) is 140 cm³/mol. The third kappa shape index (κ3) is 4.82. The van der Waals surface area contributed by atoms with Gasteiger partial charge in [-0.05, 0) is 54.4 Å². The molecule has 1 heterocycles. The lowest BCUT2D eigenvalue weighted by Crippen LogP contribution is -2.29. The number of nitrogens with zero attached hydrogens (tertiary/aromatic N) is 1. The van der Waals surface area contributed by atoms with Crippen LogP contribution in [0.25, 0.3) is 5.76 Å². The number of likely N-dealkylation sites (tertiary alicyclic amines) is 1. The largest absolute Gasteiger partial charge is 0.506 e. The first-order valence-electron chi connectivity index (χ1n) is 11.9. The van der Waals surface area contributed by atoms with Crippen molar-refractivity contribution in [3.05, 3.63) is 82.9 Å². The van der Waals surface area contributed by atoms with Crippen LogP contribution >= 0.6 is 0 Å². The summed E-state index contributed by atoms with van der Waals surface area (Å²) in [7, 11) is 4.40. The van der Waals surface area contributed by atoms with Crippen LogP contribution in [-0.2, 0) is 16.1 Å². The first-order valence-corrected chi connectivity index (χ1v) is 11.9. The molecule has 38 heavy (non-hydrogen) atoms. The zero-order valence-electron chi connectivity index (χ0n) is 21.6. The summed E-state index contributed by atoms with van der Waals surface area (Å²) in [5.74, 6) is -0.882. The van der Waals surface area contributed by atoms with Gasteiger partial charge in [-0.25, -0.2) is 0 Å². The molecule has 3 aromatic carbocycles. The molecule has 0 bridgehead atoms. The van der Waals surface area contributed by atoms with Gasteiger partial charge in [-0.1, -0.05) is 24.3 Å². The molecule has 1 unspecified atom stereocenters. The highest BCUT2D eigenvalue weighted by Gasteiger charge is 2.47. The molecule has 0 saturated carbocycles. The number of ketones is 1. The van der Waals surface area contributed by atoms with Crippen LogP contribution in [0.5, 0.6) is 28.7 Å². The number of hydrogen-bond donors (Lipinski definition) is 2. The van der Waals surface area contributed by atoms with Crippen molar-refractivity contribution in [1.29, 1.82) is 0 Å². The number of ether oxygens (including phenoxy) is 4. The van der Waals surface area contributed by atoms with Gasteiger partial charge in [0.05, 0.1) is 39.6 Å². The third-order valence-electron chi connectivity index (χ3n) is 6.29. The summed E-state index contributed by atoms with van der Waals surface area (Å²) in [6.45, 7) is 2.12. The number of methoxy groups -OCH3 is 3. The molecule has 3 aromatic rings. The number of aliphatic hydroxyl groups excluding tert-OH is 1. The molecule has 9 nitrogen and oxygen atoms in total. The number of rotatable bonds is 9. The number of aliphatic hydroxyl groups is 1. The van der Waals surface area contributed by atoms with Gasteiger partial charge in [0.1, 0.15) is 28.6 Å². The predicted octanol–water partition coefficient (Wildman–Crippen LogP) is 4.44. The van der Waals surface area contributed by atoms with Gasteiger partial charge in [-0.2, -0.15) is 0 Å². The number of phenols is 1. The highest BCUT2D eigenvalue weighted by molar-refractivity contribution is 6.46. The van der Waals surface area contributed by atoms with E-state index < -0.39 is 23.5 Å². The fourth-order valence-corrected chi connectivity index (χ4v) is 4.55. The van der Waals surface area contributed by atoms with Crippen molar-refractivity contribution in [2.24, 2.45) is 0 Å². The Balaban J connectivity index is 1.95. The molecule has 1 aliphatic heterocycles. The second kappa shape index (κ2) is 11.2. The van der Waals surface area contributed by atoms with Crippen molar-refractivity contribution >= 4 is 17.4 Å². The van der Waals surface area contributed by atoms with Crippen molar-refractivity contribution < 1.29 is 38.7 Å². The molecular formula is C29H29NO8. The molecule has 1 aliphatic rings. The molecule has 1 amide bonds. The molecule has 4 rings (SSSR count). The molecule has 1 fully saturated rings. The minimum atomic E-state index is -1.00. The van der Waals surface area contributed by atoms with E-state index in [4.69, 9.17) is 18.9 Å². The van der Waals surface area contributed by atoms with E-state index in [1.807, 2.05) is 6.07 Å². The molecule has 9 heteroatoms. The van der Waals surface area contributed by atoms with Gasteiger partial charge in [-0.3, -0.25) is 9.59 Å². The zero-order chi connectivity index (χ0) is 27.4. The third-order valence-corrected chi connectivity index (χ3v) is 6.29. The maximum Gasteiger partial charge on any atom is 0.295 e. The number of carbonyl (C=O) groups excluding carboxylic acids is 2. The van der Waals surface area contributed by atoms with E-state index in [0.717, 1.165) is 5.56 Å². The summed E-state index contributed by atoms with van der Waals surface area (Å²) in [4.78, 5) is 28.3. The lowest BCUT2D eigenvalue weighted by atomic mass is 9.94. The Bertz CT molecular complexity index is 1370. The number of Topliss-reactive ketones (excluding diaryl/α,β-unsaturated/α-hetero) is 1. The van der Waals surface area contributed by atoms with E-state index in [-0.39, 0.29) is 40.7 Å². The Morgan fingerprint density at radius 3 is 2.21 bits per heavy atom. The number of hydrogen-bond acceptors (Lipinski definition) is 8. The number of benzene rings is 3. The van der Waals surface area contributed by atoms with Crippen molar-refractivity contribution in [2.75, 3.05) is 27.9 Å². The molecular weight excluding hydrogens is 490 g/mol. The average Bonchev–Trinajstić information content (AvgIpc) is 3.18.